The summed E-state index contributed by atoms with van der Waals surface area (Å²) in [5, 5.41) is 5.37. The summed E-state index contributed by atoms with van der Waals surface area (Å²) in [6.45, 7) is 0.512. The zero-order valence-electron chi connectivity index (χ0n) is 17.0. The molecule has 0 spiro atoms. The molecule has 0 unspecified atom stereocenters. The predicted molar refractivity (Wildman–Crippen MR) is 125 cm³/mol. The number of furan rings is 1. The fraction of sp³-hybridized carbons (Fsp3) is 0.125. The third kappa shape index (κ3) is 4.10. The average Bonchev–Trinajstić information content (AvgIpc) is 3.48. The number of nitrogens with two attached hydrogens (primary N) is 1. The first-order chi connectivity index (χ1) is 15.7. The molecule has 5 aromatic rings. The van der Waals surface area contributed by atoms with Crippen LogP contribution in [0.4, 0.5) is 10.2 Å². The van der Waals surface area contributed by atoms with Crippen LogP contribution in [0.3, 0.4) is 0 Å². The number of thiophene rings is 1. The van der Waals surface area contributed by atoms with Gasteiger partial charge in [0.05, 0.1) is 34.5 Å². The van der Waals surface area contributed by atoms with E-state index < -0.39 is 5.82 Å². The Labute approximate surface area is 188 Å². The van der Waals surface area contributed by atoms with Gasteiger partial charge in [0.25, 0.3) is 0 Å². The zero-order chi connectivity index (χ0) is 21.9. The molecule has 0 saturated heterocycles. The van der Waals surface area contributed by atoms with Crippen molar-refractivity contribution in [2.75, 3.05) is 11.9 Å². The highest BCUT2D eigenvalue weighted by atomic mass is 32.1. The third-order valence-corrected chi connectivity index (χ3v) is 6.11. The van der Waals surface area contributed by atoms with Crippen molar-refractivity contribution >= 4 is 27.4 Å². The van der Waals surface area contributed by atoms with Gasteiger partial charge in [-0.15, -0.1) is 11.3 Å². The Hall–Kier alpha value is -3.62. The van der Waals surface area contributed by atoms with Crippen molar-refractivity contribution in [2.45, 2.75) is 12.5 Å². The van der Waals surface area contributed by atoms with Gasteiger partial charge in [-0.1, -0.05) is 30.3 Å². The molecule has 0 radical (unpaired) electrons. The lowest BCUT2D eigenvalue weighted by Gasteiger charge is -2.15. The van der Waals surface area contributed by atoms with Crippen LogP contribution in [-0.4, -0.2) is 27.5 Å². The molecule has 0 amide bonds. The van der Waals surface area contributed by atoms with E-state index in [1.807, 2.05) is 29.6 Å². The maximum absolute atomic E-state index is 14.5. The van der Waals surface area contributed by atoms with E-state index in [0.717, 1.165) is 34.0 Å². The normalized spacial score (nSPS) is 12.2. The van der Waals surface area contributed by atoms with Gasteiger partial charge in [-0.3, -0.25) is 4.98 Å². The first kappa shape index (κ1) is 20.3. The van der Waals surface area contributed by atoms with E-state index in [4.69, 9.17) is 15.1 Å². The Bertz CT molecular complexity index is 1340. The van der Waals surface area contributed by atoms with Crippen LogP contribution in [0.2, 0.25) is 0 Å². The SMILES string of the molecule is N[C@H](CNc1nc(-c2ccncc2F)nc2c(-c3ccoc3)csc12)Cc1ccccc1. The fourth-order valence-electron chi connectivity index (χ4n) is 3.55. The number of anilines is 1. The largest absolute Gasteiger partial charge is 0.472 e. The molecule has 1 aromatic carbocycles. The number of pyridine rings is 1. The molecule has 1 atom stereocenters. The summed E-state index contributed by atoms with van der Waals surface area (Å²) in [7, 11) is 0. The zero-order valence-corrected chi connectivity index (χ0v) is 17.8. The molecule has 160 valence electrons. The highest BCUT2D eigenvalue weighted by Crippen LogP contribution is 2.37. The van der Waals surface area contributed by atoms with E-state index in [9.17, 15) is 4.39 Å². The Morgan fingerprint density at radius 3 is 2.75 bits per heavy atom. The number of benzene rings is 1. The van der Waals surface area contributed by atoms with Crippen molar-refractivity contribution in [2.24, 2.45) is 5.73 Å². The molecule has 5 rings (SSSR count). The van der Waals surface area contributed by atoms with Crippen LogP contribution in [0.1, 0.15) is 5.56 Å². The van der Waals surface area contributed by atoms with Crippen molar-refractivity contribution in [3.63, 3.8) is 0 Å². The van der Waals surface area contributed by atoms with Gasteiger partial charge < -0.3 is 15.5 Å². The number of rotatable bonds is 7. The standard InChI is InChI=1S/C24H20FN5OS/c25-20-12-27-8-6-18(20)23-29-21-19(16-7-9-31-13-16)14-32-22(21)24(30-23)28-11-17(26)10-15-4-2-1-3-5-15/h1-9,12-14,17H,10-11,26H2,(H,28,29,30)/t17-/m0/s1. The summed E-state index contributed by atoms with van der Waals surface area (Å²) in [5.74, 6) is 0.447. The van der Waals surface area contributed by atoms with E-state index in [1.165, 1.54) is 23.1 Å². The number of nitrogens with one attached hydrogen (secondary N) is 1. The molecule has 3 N–H and O–H groups in total. The average molecular weight is 446 g/mol. The summed E-state index contributed by atoms with van der Waals surface area (Å²) in [4.78, 5) is 13.2. The Balaban J connectivity index is 1.51. The maximum Gasteiger partial charge on any atom is 0.165 e. The summed E-state index contributed by atoms with van der Waals surface area (Å²) in [6.07, 6.45) is 6.71. The van der Waals surface area contributed by atoms with E-state index >= 15 is 0 Å². The molecule has 6 nitrogen and oxygen atoms in total. The van der Waals surface area contributed by atoms with Crippen LogP contribution >= 0.6 is 11.3 Å². The molecule has 0 bridgehead atoms. The number of halogens is 1. The van der Waals surface area contributed by atoms with E-state index in [-0.39, 0.29) is 6.04 Å². The van der Waals surface area contributed by atoms with Gasteiger partial charge in [0.15, 0.2) is 11.6 Å². The second-order valence-corrected chi connectivity index (χ2v) is 8.30. The molecule has 32 heavy (non-hydrogen) atoms. The van der Waals surface area contributed by atoms with Crippen LogP contribution < -0.4 is 11.1 Å². The van der Waals surface area contributed by atoms with Crippen molar-refractivity contribution in [1.29, 1.82) is 0 Å². The summed E-state index contributed by atoms with van der Waals surface area (Å²) in [6, 6.07) is 13.4. The van der Waals surface area contributed by atoms with Crippen LogP contribution in [0.15, 0.2) is 77.2 Å². The molecule has 4 heterocycles. The lowest BCUT2D eigenvalue weighted by molar-refractivity contribution is 0.568. The van der Waals surface area contributed by atoms with Gasteiger partial charge in [-0.25, -0.2) is 14.4 Å². The van der Waals surface area contributed by atoms with Crippen molar-refractivity contribution in [1.82, 2.24) is 15.0 Å². The first-order valence-corrected chi connectivity index (χ1v) is 11.0. The molecule has 0 aliphatic heterocycles. The van der Waals surface area contributed by atoms with Crippen LogP contribution in [0.5, 0.6) is 0 Å². The Morgan fingerprint density at radius 2 is 1.97 bits per heavy atom. The van der Waals surface area contributed by atoms with Gasteiger partial charge in [-0.2, -0.15) is 0 Å². The van der Waals surface area contributed by atoms with Crippen LogP contribution in [-0.2, 0) is 6.42 Å². The summed E-state index contributed by atoms with van der Waals surface area (Å²) in [5.41, 5.74) is 10.4. The number of hydrogen-bond donors (Lipinski definition) is 2. The minimum atomic E-state index is -0.473. The summed E-state index contributed by atoms with van der Waals surface area (Å²) < 4.78 is 20.6. The van der Waals surface area contributed by atoms with Crippen LogP contribution in [0.25, 0.3) is 32.7 Å². The molecule has 0 saturated carbocycles. The minimum Gasteiger partial charge on any atom is -0.472 e. The second kappa shape index (κ2) is 8.86. The number of nitrogens with zero attached hydrogens (tertiary/aromatic N) is 3. The Morgan fingerprint density at radius 1 is 1.09 bits per heavy atom. The molecule has 8 heteroatoms. The molecular weight excluding hydrogens is 425 g/mol. The minimum absolute atomic E-state index is 0.114. The lowest BCUT2D eigenvalue weighted by Crippen LogP contribution is -2.31. The molecular formula is C24H20FN5OS. The molecule has 0 aliphatic carbocycles. The monoisotopic (exact) mass is 445 g/mol. The highest BCUT2D eigenvalue weighted by molar-refractivity contribution is 7.18. The maximum atomic E-state index is 14.5. The van der Waals surface area contributed by atoms with E-state index in [0.29, 0.717) is 23.8 Å². The smallest absolute Gasteiger partial charge is 0.165 e. The first-order valence-electron chi connectivity index (χ1n) is 10.1. The number of hydrogen-bond acceptors (Lipinski definition) is 7. The van der Waals surface area contributed by atoms with Crippen molar-refractivity contribution < 1.29 is 8.81 Å². The van der Waals surface area contributed by atoms with Crippen LogP contribution in [0, 0.1) is 5.82 Å². The molecule has 4 aromatic heterocycles. The second-order valence-electron chi connectivity index (χ2n) is 7.42. The van der Waals surface area contributed by atoms with Gasteiger partial charge in [0.2, 0.25) is 0 Å². The number of aromatic nitrogens is 3. The Kier molecular flexibility index (Phi) is 5.62. The van der Waals surface area contributed by atoms with E-state index in [1.54, 1.807) is 18.6 Å². The van der Waals surface area contributed by atoms with Gasteiger partial charge in [0.1, 0.15) is 5.82 Å². The van der Waals surface area contributed by atoms with Gasteiger partial charge >= 0.3 is 0 Å². The third-order valence-electron chi connectivity index (χ3n) is 5.13. The highest BCUT2D eigenvalue weighted by Gasteiger charge is 2.18. The fourth-order valence-corrected chi connectivity index (χ4v) is 4.53. The summed E-state index contributed by atoms with van der Waals surface area (Å²) >= 11 is 1.53. The number of fused-ring (bicyclic) bond motifs is 1. The van der Waals surface area contributed by atoms with E-state index in [2.05, 4.69) is 27.4 Å². The van der Waals surface area contributed by atoms with Crippen molar-refractivity contribution in [3.05, 3.63) is 84.1 Å². The molecule has 0 aliphatic rings. The predicted octanol–water partition coefficient (Wildman–Crippen LogP) is 5.13. The van der Waals surface area contributed by atoms with Crippen molar-refractivity contribution in [3.8, 4) is 22.5 Å². The van der Waals surface area contributed by atoms with Gasteiger partial charge in [0, 0.05) is 35.3 Å². The lowest BCUT2D eigenvalue weighted by atomic mass is 10.1. The quantitative estimate of drug-likeness (QED) is 0.361. The topological polar surface area (TPSA) is 89.9 Å². The molecule has 0 fully saturated rings. The van der Waals surface area contributed by atoms with Gasteiger partial charge in [-0.05, 0) is 24.1 Å².